The third-order valence-electron chi connectivity index (χ3n) is 11.0. The van der Waals surface area contributed by atoms with E-state index in [1.165, 1.54) is 10.8 Å². The van der Waals surface area contributed by atoms with Crippen LogP contribution < -0.4 is 0 Å². The fraction of sp³-hybridized carbons (Fsp3) is 0. The second-order valence-electron chi connectivity index (χ2n) is 14.7. The molecule has 0 spiro atoms. The summed E-state index contributed by atoms with van der Waals surface area (Å²) in [5.41, 5.74) is 16.2. The first-order valence-corrected chi connectivity index (χ1v) is 20.6. The molecule has 59 heavy (non-hydrogen) atoms. The Labute approximate surface area is 346 Å². The molecule has 4 nitrogen and oxygen atoms in total. The molecule has 5 heteroatoms. The lowest BCUT2D eigenvalue weighted by Crippen LogP contribution is -1.95. The molecule has 0 amide bonds. The van der Waals surface area contributed by atoms with Gasteiger partial charge in [0, 0.05) is 54.8 Å². The van der Waals surface area contributed by atoms with E-state index in [0.717, 1.165) is 99.2 Å². The van der Waals surface area contributed by atoms with Crippen LogP contribution in [0.4, 0.5) is 5.69 Å². The Hall–Kier alpha value is -7.47. The van der Waals surface area contributed by atoms with E-state index in [-0.39, 0.29) is 0 Å². The van der Waals surface area contributed by atoms with Gasteiger partial charge in [-0.15, -0.1) is 0 Å². The van der Waals surface area contributed by atoms with Gasteiger partial charge in [0.1, 0.15) is 5.04 Å². The summed E-state index contributed by atoms with van der Waals surface area (Å²) in [7, 11) is 0. The number of thioether (sulfide) groups is 1. The van der Waals surface area contributed by atoms with Crippen molar-refractivity contribution in [1.82, 2.24) is 15.0 Å². The minimum absolute atomic E-state index is 0.890. The van der Waals surface area contributed by atoms with Crippen molar-refractivity contribution in [1.29, 1.82) is 0 Å². The van der Waals surface area contributed by atoms with Crippen molar-refractivity contribution in [3.8, 4) is 44.5 Å². The zero-order chi connectivity index (χ0) is 39.1. The molecule has 9 aromatic rings. The predicted molar refractivity (Wildman–Crippen MR) is 250 cm³/mol. The Bertz CT molecular complexity index is 3270. The van der Waals surface area contributed by atoms with Crippen LogP contribution in [0.2, 0.25) is 0 Å². The van der Waals surface area contributed by atoms with Gasteiger partial charge < -0.3 is 9.97 Å². The van der Waals surface area contributed by atoms with Crippen LogP contribution in [0, 0.1) is 0 Å². The van der Waals surface area contributed by atoms with E-state index in [4.69, 9.17) is 9.98 Å². The first kappa shape index (κ1) is 34.8. The molecule has 5 heterocycles. The number of hydrogen-bond donors (Lipinski definition) is 2. The number of benzene rings is 6. The van der Waals surface area contributed by atoms with Crippen molar-refractivity contribution in [3.05, 3.63) is 211 Å². The van der Waals surface area contributed by atoms with Crippen molar-refractivity contribution in [3.63, 3.8) is 0 Å². The molecule has 0 unspecified atom stereocenters. The molecular weight excluding hydrogens is 737 g/mol. The fourth-order valence-corrected chi connectivity index (χ4v) is 9.30. The highest BCUT2D eigenvalue weighted by Crippen LogP contribution is 2.44. The molecule has 2 aliphatic heterocycles. The lowest BCUT2D eigenvalue weighted by atomic mass is 10.0. The maximum absolute atomic E-state index is 5.60. The first-order valence-electron chi connectivity index (χ1n) is 19.8. The number of nitrogens with zero attached hydrogens (tertiary/aromatic N) is 2. The van der Waals surface area contributed by atoms with Crippen molar-refractivity contribution in [2.45, 2.75) is 4.90 Å². The second-order valence-corrected chi connectivity index (χ2v) is 15.8. The van der Waals surface area contributed by atoms with Crippen LogP contribution in [0.1, 0.15) is 17.0 Å². The quantitative estimate of drug-likeness (QED) is 0.183. The van der Waals surface area contributed by atoms with Crippen LogP contribution in [-0.4, -0.2) is 20.0 Å². The second kappa shape index (κ2) is 14.8. The summed E-state index contributed by atoms with van der Waals surface area (Å²) in [4.78, 5) is 20.0. The Balaban J connectivity index is 1.30. The van der Waals surface area contributed by atoms with Gasteiger partial charge in [0.15, 0.2) is 0 Å². The van der Waals surface area contributed by atoms with Crippen molar-refractivity contribution < 1.29 is 0 Å². The highest BCUT2D eigenvalue weighted by molar-refractivity contribution is 8.14. The van der Waals surface area contributed by atoms with Gasteiger partial charge in [-0.25, -0.2) is 9.98 Å². The van der Waals surface area contributed by atoms with Gasteiger partial charge in [0.2, 0.25) is 0 Å². The lowest BCUT2D eigenvalue weighted by molar-refractivity contribution is 1.32. The summed E-state index contributed by atoms with van der Waals surface area (Å²) in [5, 5.41) is 3.35. The average molecular weight is 773 g/mol. The van der Waals surface area contributed by atoms with E-state index >= 15 is 0 Å². The molecule has 0 aliphatic carbocycles. The molecule has 6 aromatic carbocycles. The van der Waals surface area contributed by atoms with Crippen molar-refractivity contribution in [2.24, 2.45) is 4.99 Å². The van der Waals surface area contributed by atoms with Gasteiger partial charge in [0.25, 0.3) is 0 Å². The highest BCUT2D eigenvalue weighted by atomic mass is 32.2. The van der Waals surface area contributed by atoms with Crippen molar-refractivity contribution >= 4 is 67.5 Å². The van der Waals surface area contributed by atoms with E-state index in [1.807, 2.05) is 0 Å². The molecule has 278 valence electrons. The van der Waals surface area contributed by atoms with Crippen LogP contribution in [0.3, 0.4) is 0 Å². The summed E-state index contributed by atoms with van der Waals surface area (Å²) in [6, 6.07) is 68.7. The highest BCUT2D eigenvalue weighted by Gasteiger charge is 2.23. The van der Waals surface area contributed by atoms with E-state index in [1.54, 1.807) is 11.8 Å². The van der Waals surface area contributed by atoms with Crippen molar-refractivity contribution in [2.75, 3.05) is 0 Å². The average Bonchev–Trinajstić information content (AvgIpc) is 4.13. The topological polar surface area (TPSA) is 56.8 Å². The lowest BCUT2D eigenvalue weighted by Gasteiger charge is -2.10. The van der Waals surface area contributed by atoms with E-state index < -0.39 is 0 Å². The van der Waals surface area contributed by atoms with E-state index in [9.17, 15) is 0 Å². The van der Waals surface area contributed by atoms with Gasteiger partial charge in [-0.3, -0.25) is 0 Å². The number of aromatic nitrogens is 3. The largest absolute Gasteiger partial charge is 0.354 e. The molecule has 0 fully saturated rings. The van der Waals surface area contributed by atoms with Crippen LogP contribution in [-0.2, 0) is 0 Å². The Morgan fingerprint density at radius 1 is 0.373 bits per heavy atom. The van der Waals surface area contributed by atoms with Crippen LogP contribution in [0.25, 0.3) is 89.5 Å². The molecular formula is C54H36N4S. The fourth-order valence-electron chi connectivity index (χ4n) is 8.34. The summed E-state index contributed by atoms with van der Waals surface area (Å²) in [6.45, 7) is 0. The molecule has 2 N–H and O–H groups in total. The molecule has 0 atom stereocenters. The van der Waals surface area contributed by atoms with Gasteiger partial charge in [-0.2, -0.15) is 0 Å². The van der Waals surface area contributed by atoms with Crippen LogP contribution in [0.5, 0.6) is 0 Å². The SMILES string of the molecule is C1=Cc2nc1c(-c1ccccc1)c1ccc([nH]1)c(-c1ccccc1)c1cc(c(-c3ccccc3)c3ccc([nH]3)c2-c2ccccc2)C(Sc2ccc3ccccc3c2)=N1. The molecule has 3 aromatic heterocycles. The molecule has 11 rings (SSSR count). The smallest absolute Gasteiger partial charge is 0.109 e. The number of hydrogen-bond acceptors (Lipinski definition) is 3. The zero-order valence-electron chi connectivity index (χ0n) is 31.9. The Morgan fingerprint density at radius 2 is 0.814 bits per heavy atom. The van der Waals surface area contributed by atoms with Gasteiger partial charge in [-0.1, -0.05) is 163 Å². The number of fused-ring (bicyclic) bond motifs is 9. The van der Waals surface area contributed by atoms with Crippen LogP contribution in [0.15, 0.2) is 204 Å². The maximum Gasteiger partial charge on any atom is 0.109 e. The molecule has 0 saturated heterocycles. The summed E-state index contributed by atoms with van der Waals surface area (Å²) in [5.74, 6) is 0. The minimum Gasteiger partial charge on any atom is -0.354 e. The third kappa shape index (κ3) is 6.48. The minimum atomic E-state index is 0.890. The molecule has 0 saturated carbocycles. The Morgan fingerprint density at radius 3 is 1.36 bits per heavy atom. The van der Waals surface area contributed by atoms with Crippen LogP contribution >= 0.6 is 11.8 Å². The maximum atomic E-state index is 5.60. The van der Waals surface area contributed by atoms with E-state index in [0.29, 0.717) is 0 Å². The third-order valence-corrected chi connectivity index (χ3v) is 12.0. The normalized spacial score (nSPS) is 12.2. The summed E-state index contributed by atoms with van der Waals surface area (Å²) in [6.07, 6.45) is 4.30. The number of H-pyrrole nitrogens is 2. The van der Waals surface area contributed by atoms with Gasteiger partial charge in [-0.05, 0) is 87.6 Å². The first-order chi connectivity index (χ1) is 29.2. The zero-order valence-corrected chi connectivity index (χ0v) is 32.7. The monoisotopic (exact) mass is 772 g/mol. The summed E-state index contributed by atoms with van der Waals surface area (Å²) < 4.78 is 0. The number of aromatic amines is 2. The molecule has 2 aliphatic rings. The van der Waals surface area contributed by atoms with Gasteiger partial charge in [0.05, 0.1) is 17.1 Å². The summed E-state index contributed by atoms with van der Waals surface area (Å²) >= 11 is 1.71. The van der Waals surface area contributed by atoms with Gasteiger partial charge >= 0.3 is 0 Å². The number of aliphatic imine (C=N–C) groups is 1. The predicted octanol–water partition coefficient (Wildman–Crippen LogP) is 14.8. The number of nitrogens with one attached hydrogen (secondary N) is 2. The molecule has 8 bridgehead atoms. The standard InChI is InChI=1S/C54H36N4S/c1-5-16-36(17-6-1)50-42-34-49(58-54(42)59-41-26-25-35-15-13-14-24-40(35)33-41)53(39-22-11-4-12-23-39)48-32-31-47(57-48)52(38-20-9-3-10-21-38)46-30-29-45(56-46)51(37-18-7-2-8-19-37)44-28-27-43(50)55-44/h1-34,55,57H. The molecule has 0 radical (unpaired) electrons. The van der Waals surface area contributed by atoms with E-state index in [2.05, 4.69) is 216 Å². The Kier molecular flexibility index (Phi) is 8.72. The number of rotatable bonds is 5.